The Morgan fingerprint density at radius 1 is 1.11 bits per heavy atom. The van der Waals surface area contributed by atoms with Gasteiger partial charge in [-0.3, -0.25) is 4.79 Å². The maximum absolute atomic E-state index is 13.0. The lowest BCUT2D eigenvalue weighted by Gasteiger charge is -2.57. The van der Waals surface area contributed by atoms with Gasteiger partial charge in [0.05, 0.1) is 6.33 Å². The van der Waals surface area contributed by atoms with Gasteiger partial charge < -0.3 is 9.88 Å². The molecule has 8 heteroatoms. The average Bonchev–Trinajstić information content (AvgIpc) is 3.07. The second-order valence-corrected chi connectivity index (χ2v) is 11.6. The molecule has 1 saturated heterocycles. The molecule has 5 fully saturated rings. The van der Waals surface area contributed by atoms with Crippen LogP contribution in [0.4, 0.5) is 0 Å². The van der Waals surface area contributed by atoms with Crippen molar-refractivity contribution in [3.05, 3.63) is 12.5 Å². The largest absolute Gasteiger partial charge is 0.350 e. The van der Waals surface area contributed by atoms with Gasteiger partial charge in [-0.2, -0.15) is 4.31 Å². The summed E-state index contributed by atoms with van der Waals surface area (Å²) in [4.78, 5) is 17.0. The van der Waals surface area contributed by atoms with Crippen molar-refractivity contribution in [2.24, 2.45) is 30.7 Å². The molecule has 28 heavy (non-hydrogen) atoms. The molecule has 0 radical (unpaired) electrons. The van der Waals surface area contributed by atoms with Crippen LogP contribution >= 0.6 is 0 Å². The third-order valence-corrected chi connectivity index (χ3v) is 9.32. The molecule has 0 spiro atoms. The number of hydrogen-bond donors (Lipinski definition) is 1. The van der Waals surface area contributed by atoms with Crippen LogP contribution < -0.4 is 5.32 Å². The molecule has 0 unspecified atom stereocenters. The lowest BCUT2D eigenvalue weighted by molar-refractivity contribution is -0.132. The first kappa shape index (κ1) is 18.6. The minimum atomic E-state index is -3.56. The van der Waals surface area contributed by atoms with E-state index >= 15 is 0 Å². The van der Waals surface area contributed by atoms with Crippen LogP contribution in [0.3, 0.4) is 0 Å². The zero-order valence-corrected chi connectivity index (χ0v) is 17.3. The number of hydrogen-bond acceptors (Lipinski definition) is 4. The smallest absolute Gasteiger partial charge is 0.262 e. The van der Waals surface area contributed by atoms with Crippen molar-refractivity contribution >= 4 is 15.9 Å². The topological polar surface area (TPSA) is 84.3 Å². The number of nitrogens with zero attached hydrogens (tertiary/aromatic N) is 3. The lowest BCUT2D eigenvalue weighted by Crippen LogP contribution is -2.61. The van der Waals surface area contributed by atoms with Crippen molar-refractivity contribution in [3.63, 3.8) is 0 Å². The van der Waals surface area contributed by atoms with Crippen molar-refractivity contribution in [1.29, 1.82) is 0 Å². The Bertz CT molecular complexity index is 834. The molecule has 4 bridgehead atoms. The SMILES string of the molecule is Cn1cnc(S(=O)(=O)N2CCC(C(=O)NC34CC5CC(CC(C5)C3)C4)CC2)c1. The summed E-state index contributed by atoms with van der Waals surface area (Å²) in [6, 6.07) is 0. The van der Waals surface area contributed by atoms with Crippen LogP contribution in [0.2, 0.25) is 0 Å². The Morgan fingerprint density at radius 2 is 1.68 bits per heavy atom. The monoisotopic (exact) mass is 406 g/mol. The van der Waals surface area contributed by atoms with Crippen LogP contribution in [-0.4, -0.2) is 46.8 Å². The number of piperidine rings is 1. The summed E-state index contributed by atoms with van der Waals surface area (Å²) < 4.78 is 28.6. The van der Waals surface area contributed by atoms with Gasteiger partial charge in [-0.05, 0) is 69.1 Å². The Kier molecular flexibility index (Phi) is 4.36. The quantitative estimate of drug-likeness (QED) is 0.828. The first-order valence-electron chi connectivity index (χ1n) is 10.6. The van der Waals surface area contributed by atoms with Gasteiger partial charge in [0.2, 0.25) is 5.91 Å². The number of rotatable bonds is 4. The molecular weight excluding hydrogens is 376 g/mol. The Labute approximate surface area is 166 Å². The molecule has 1 aromatic rings. The van der Waals surface area contributed by atoms with E-state index in [2.05, 4.69) is 10.3 Å². The fourth-order valence-corrected chi connectivity index (χ4v) is 8.08. The molecule has 2 heterocycles. The zero-order valence-electron chi connectivity index (χ0n) is 16.5. The molecule has 1 amide bonds. The van der Waals surface area contributed by atoms with Crippen molar-refractivity contribution in [2.75, 3.05) is 13.1 Å². The molecule has 1 N–H and O–H groups in total. The van der Waals surface area contributed by atoms with E-state index in [9.17, 15) is 13.2 Å². The minimum Gasteiger partial charge on any atom is -0.350 e. The number of imidazole rings is 1. The van der Waals surface area contributed by atoms with E-state index < -0.39 is 10.0 Å². The average molecular weight is 407 g/mol. The molecule has 4 saturated carbocycles. The molecule has 1 aromatic heterocycles. The highest BCUT2D eigenvalue weighted by Gasteiger charge is 2.52. The molecule has 1 aliphatic heterocycles. The number of aromatic nitrogens is 2. The minimum absolute atomic E-state index is 0.0308. The molecule has 0 atom stereocenters. The van der Waals surface area contributed by atoms with E-state index in [0.717, 1.165) is 37.0 Å². The fourth-order valence-electron chi connectivity index (χ4n) is 6.64. The van der Waals surface area contributed by atoms with E-state index in [-0.39, 0.29) is 22.4 Å². The van der Waals surface area contributed by atoms with Crippen LogP contribution in [0.5, 0.6) is 0 Å². The highest BCUT2D eigenvalue weighted by Crippen LogP contribution is 2.55. The summed E-state index contributed by atoms with van der Waals surface area (Å²) in [5, 5.41) is 3.55. The van der Waals surface area contributed by atoms with Crippen molar-refractivity contribution in [2.45, 2.75) is 61.9 Å². The van der Waals surface area contributed by atoms with Crippen LogP contribution in [0.25, 0.3) is 0 Å². The van der Waals surface area contributed by atoms with E-state index in [4.69, 9.17) is 0 Å². The highest BCUT2D eigenvalue weighted by molar-refractivity contribution is 7.89. The Hall–Kier alpha value is -1.41. The van der Waals surface area contributed by atoms with Gasteiger partial charge >= 0.3 is 0 Å². The number of sulfonamides is 1. The highest BCUT2D eigenvalue weighted by atomic mass is 32.2. The second kappa shape index (κ2) is 6.55. The number of nitrogens with one attached hydrogen (secondary N) is 1. The van der Waals surface area contributed by atoms with Crippen LogP contribution in [0.1, 0.15) is 51.4 Å². The number of aryl methyl sites for hydroxylation is 1. The molecule has 5 aliphatic rings. The first-order chi connectivity index (χ1) is 13.3. The second-order valence-electron chi connectivity index (χ2n) is 9.74. The van der Waals surface area contributed by atoms with E-state index in [0.29, 0.717) is 25.9 Å². The van der Waals surface area contributed by atoms with Gasteiger partial charge in [0.1, 0.15) is 0 Å². The first-order valence-corrected chi connectivity index (χ1v) is 12.1. The van der Waals surface area contributed by atoms with Crippen molar-refractivity contribution in [1.82, 2.24) is 19.2 Å². The third-order valence-electron chi connectivity index (χ3n) is 7.54. The zero-order chi connectivity index (χ0) is 19.5. The summed E-state index contributed by atoms with van der Waals surface area (Å²) in [5.41, 5.74) is 0.0308. The summed E-state index contributed by atoms with van der Waals surface area (Å²) in [5.74, 6) is 2.48. The predicted octanol–water partition coefficient (Wildman–Crippen LogP) is 1.91. The predicted molar refractivity (Wildman–Crippen MR) is 104 cm³/mol. The van der Waals surface area contributed by atoms with Crippen LogP contribution in [-0.2, 0) is 21.9 Å². The van der Waals surface area contributed by atoms with E-state index in [1.54, 1.807) is 11.6 Å². The molecular formula is C20H30N4O3S. The van der Waals surface area contributed by atoms with Gasteiger partial charge in [-0.25, -0.2) is 13.4 Å². The summed E-state index contributed by atoms with van der Waals surface area (Å²) in [6.45, 7) is 0.774. The van der Waals surface area contributed by atoms with Crippen LogP contribution in [0, 0.1) is 23.7 Å². The standard InChI is InChI=1S/C20H30N4O3S/c1-23-12-18(21-13-23)28(26,27)24-4-2-17(3-5-24)19(25)22-20-9-14-6-15(10-20)8-16(7-14)11-20/h12-17H,2-11H2,1H3,(H,22,25). The molecule has 154 valence electrons. The molecule has 7 nitrogen and oxygen atoms in total. The summed E-state index contributed by atoms with van der Waals surface area (Å²) >= 11 is 0. The maximum Gasteiger partial charge on any atom is 0.262 e. The van der Waals surface area contributed by atoms with E-state index in [1.807, 2.05) is 0 Å². The van der Waals surface area contributed by atoms with E-state index in [1.165, 1.54) is 36.1 Å². The van der Waals surface area contributed by atoms with Crippen molar-refractivity contribution in [3.8, 4) is 0 Å². The molecule has 4 aliphatic carbocycles. The molecule has 6 rings (SSSR count). The summed E-state index contributed by atoms with van der Waals surface area (Å²) in [7, 11) is -1.81. The van der Waals surface area contributed by atoms with Gasteiger partial charge in [0, 0.05) is 37.8 Å². The fraction of sp³-hybridized carbons (Fsp3) is 0.800. The van der Waals surface area contributed by atoms with Gasteiger partial charge in [0.25, 0.3) is 10.0 Å². The maximum atomic E-state index is 13.0. The Morgan fingerprint density at radius 3 is 2.18 bits per heavy atom. The molecule has 0 aromatic carbocycles. The van der Waals surface area contributed by atoms with Crippen LogP contribution in [0.15, 0.2) is 17.6 Å². The van der Waals surface area contributed by atoms with Crippen molar-refractivity contribution < 1.29 is 13.2 Å². The van der Waals surface area contributed by atoms with Gasteiger partial charge in [-0.1, -0.05) is 0 Å². The van der Waals surface area contributed by atoms with Gasteiger partial charge in [-0.15, -0.1) is 0 Å². The Balaban J connectivity index is 1.21. The van der Waals surface area contributed by atoms with Gasteiger partial charge in [0.15, 0.2) is 5.03 Å². The summed E-state index contributed by atoms with van der Waals surface area (Å²) in [6.07, 6.45) is 11.7. The third kappa shape index (κ3) is 3.18. The number of carbonyl (C=O) groups is 1. The normalized spacial score (nSPS) is 36.0. The number of carbonyl (C=O) groups excluding carboxylic acids is 1. The number of amides is 1. The lowest BCUT2D eigenvalue weighted by atomic mass is 9.53.